The Morgan fingerprint density at radius 2 is 1.96 bits per heavy atom. The maximum atomic E-state index is 12.9. The van der Waals surface area contributed by atoms with Gasteiger partial charge in [0.15, 0.2) is 0 Å². The van der Waals surface area contributed by atoms with Gasteiger partial charge in [-0.15, -0.1) is 0 Å². The molecule has 2 atom stereocenters. The van der Waals surface area contributed by atoms with Crippen molar-refractivity contribution in [2.75, 3.05) is 13.1 Å². The fourth-order valence-corrected chi connectivity index (χ4v) is 3.81. The van der Waals surface area contributed by atoms with Crippen LogP contribution in [0, 0.1) is 17.8 Å². The number of rotatable bonds is 6. The molecule has 1 aliphatic rings. The Bertz CT molecular complexity index is 840. The molecule has 6 nitrogen and oxygen atoms in total. The summed E-state index contributed by atoms with van der Waals surface area (Å²) < 4.78 is 2.05. The van der Waals surface area contributed by atoms with Gasteiger partial charge in [0.25, 0.3) is 0 Å². The number of benzene rings is 1. The lowest BCUT2D eigenvalue weighted by molar-refractivity contribution is -0.129. The van der Waals surface area contributed by atoms with Crippen molar-refractivity contribution in [2.45, 2.75) is 40.2 Å². The van der Waals surface area contributed by atoms with E-state index >= 15 is 0 Å². The highest BCUT2D eigenvalue weighted by atomic mass is 16.2. The van der Waals surface area contributed by atoms with Crippen LogP contribution in [0.15, 0.2) is 24.3 Å². The highest BCUT2D eigenvalue weighted by molar-refractivity contribution is 5.89. The molecular weight excluding hydrogens is 340 g/mol. The highest BCUT2D eigenvalue weighted by Gasteiger charge is 2.36. The third-order valence-electron chi connectivity index (χ3n) is 5.24. The third-order valence-corrected chi connectivity index (χ3v) is 5.24. The second-order valence-electron chi connectivity index (χ2n) is 8.34. The standard InChI is InChI=1S/C21H30N4O2/c1-13(2)11-25-12-15(10-18(25)26)21(27)23-19(14(3)4)20-22-16-8-6-7-9-17(16)24(20)5/h6-9,13-15,19H,10-12H2,1-5H3,(H,23,27)/t15?,19-/m0/s1. The number of aryl methyl sites for hydroxylation is 1. The summed E-state index contributed by atoms with van der Waals surface area (Å²) in [6, 6.07) is 7.78. The number of carbonyl (C=O) groups excluding carboxylic acids is 2. The van der Waals surface area contributed by atoms with Gasteiger partial charge in [-0.2, -0.15) is 0 Å². The van der Waals surface area contributed by atoms with Gasteiger partial charge in [-0.3, -0.25) is 9.59 Å². The highest BCUT2D eigenvalue weighted by Crippen LogP contribution is 2.26. The number of nitrogens with zero attached hydrogens (tertiary/aromatic N) is 3. The first-order valence-electron chi connectivity index (χ1n) is 9.77. The SMILES string of the molecule is CC(C)CN1CC(C(=O)N[C@H](c2nc3ccccc3n2C)C(C)C)CC1=O. The molecule has 2 aromatic rings. The third kappa shape index (κ3) is 3.99. The number of carbonyl (C=O) groups is 2. The molecule has 1 saturated heterocycles. The van der Waals surface area contributed by atoms with Crippen molar-refractivity contribution in [1.29, 1.82) is 0 Å². The molecular formula is C21H30N4O2. The first-order valence-corrected chi connectivity index (χ1v) is 9.77. The zero-order valence-corrected chi connectivity index (χ0v) is 16.9. The second kappa shape index (κ2) is 7.71. The van der Waals surface area contributed by atoms with Crippen molar-refractivity contribution in [2.24, 2.45) is 24.8 Å². The van der Waals surface area contributed by atoms with Crippen LogP contribution in [0.5, 0.6) is 0 Å². The van der Waals surface area contributed by atoms with Crippen molar-refractivity contribution < 1.29 is 9.59 Å². The average molecular weight is 370 g/mol. The van der Waals surface area contributed by atoms with E-state index in [1.165, 1.54) is 0 Å². The number of amides is 2. The van der Waals surface area contributed by atoms with E-state index in [2.05, 4.69) is 33.0 Å². The quantitative estimate of drug-likeness (QED) is 0.850. The van der Waals surface area contributed by atoms with E-state index in [1.807, 2.05) is 40.8 Å². The van der Waals surface area contributed by atoms with E-state index in [0.29, 0.717) is 25.4 Å². The predicted molar refractivity (Wildman–Crippen MR) is 106 cm³/mol. The number of nitrogens with one attached hydrogen (secondary N) is 1. The number of hydrogen-bond donors (Lipinski definition) is 1. The number of para-hydroxylation sites is 2. The van der Waals surface area contributed by atoms with Crippen LogP contribution in [0.4, 0.5) is 0 Å². The van der Waals surface area contributed by atoms with Crippen molar-refractivity contribution in [3.63, 3.8) is 0 Å². The summed E-state index contributed by atoms with van der Waals surface area (Å²) in [5.41, 5.74) is 1.97. The molecule has 0 saturated carbocycles. The Morgan fingerprint density at radius 1 is 1.26 bits per heavy atom. The summed E-state index contributed by atoms with van der Waals surface area (Å²) in [6.07, 6.45) is 0.298. The first kappa shape index (κ1) is 19.4. The summed E-state index contributed by atoms with van der Waals surface area (Å²) in [7, 11) is 1.98. The molecule has 1 aliphatic heterocycles. The van der Waals surface area contributed by atoms with E-state index in [-0.39, 0.29) is 29.7 Å². The van der Waals surface area contributed by atoms with Gasteiger partial charge < -0.3 is 14.8 Å². The molecule has 1 aromatic heterocycles. The molecule has 2 amide bonds. The lowest BCUT2D eigenvalue weighted by Crippen LogP contribution is -2.38. The molecule has 1 fully saturated rings. The molecule has 2 heterocycles. The molecule has 3 rings (SSSR count). The topological polar surface area (TPSA) is 67.2 Å². The Labute approximate surface area is 160 Å². The molecule has 0 radical (unpaired) electrons. The van der Waals surface area contributed by atoms with Crippen LogP contribution in [0.1, 0.15) is 46.0 Å². The van der Waals surface area contributed by atoms with Gasteiger partial charge in [0.2, 0.25) is 11.8 Å². The summed E-state index contributed by atoms with van der Waals surface area (Å²) in [6.45, 7) is 9.55. The first-order chi connectivity index (χ1) is 12.8. The molecule has 27 heavy (non-hydrogen) atoms. The van der Waals surface area contributed by atoms with Crippen molar-refractivity contribution in [3.05, 3.63) is 30.1 Å². The second-order valence-corrected chi connectivity index (χ2v) is 8.34. The summed E-state index contributed by atoms with van der Waals surface area (Å²) in [5.74, 6) is 1.18. The zero-order chi connectivity index (χ0) is 19.7. The molecule has 6 heteroatoms. The molecule has 1 aromatic carbocycles. The predicted octanol–water partition coefficient (Wildman–Crippen LogP) is 2.89. The van der Waals surface area contributed by atoms with Gasteiger partial charge in [-0.1, -0.05) is 39.8 Å². The van der Waals surface area contributed by atoms with Crippen LogP contribution < -0.4 is 5.32 Å². The normalized spacial score (nSPS) is 18.7. The number of hydrogen-bond acceptors (Lipinski definition) is 3. The smallest absolute Gasteiger partial charge is 0.226 e. The van der Waals surface area contributed by atoms with Gasteiger partial charge in [0.05, 0.1) is 23.0 Å². The average Bonchev–Trinajstić information content (AvgIpc) is 3.13. The lowest BCUT2D eigenvalue weighted by Gasteiger charge is -2.24. The minimum absolute atomic E-state index is 0.0552. The monoisotopic (exact) mass is 370 g/mol. The Morgan fingerprint density at radius 3 is 2.59 bits per heavy atom. The maximum Gasteiger partial charge on any atom is 0.226 e. The molecule has 0 bridgehead atoms. The van der Waals surface area contributed by atoms with Gasteiger partial charge in [-0.05, 0) is 24.0 Å². The van der Waals surface area contributed by atoms with Crippen LogP contribution in [0.2, 0.25) is 0 Å². The van der Waals surface area contributed by atoms with E-state index in [9.17, 15) is 9.59 Å². The minimum Gasteiger partial charge on any atom is -0.346 e. The molecule has 0 aliphatic carbocycles. The molecule has 146 valence electrons. The van der Waals surface area contributed by atoms with Crippen molar-refractivity contribution in [3.8, 4) is 0 Å². The molecule has 0 spiro atoms. The fourth-order valence-electron chi connectivity index (χ4n) is 3.81. The summed E-state index contributed by atoms with van der Waals surface area (Å²) >= 11 is 0. The van der Waals surface area contributed by atoms with E-state index < -0.39 is 0 Å². The zero-order valence-electron chi connectivity index (χ0n) is 16.9. The van der Waals surface area contributed by atoms with Crippen LogP contribution in [-0.4, -0.2) is 39.4 Å². The molecule has 1 unspecified atom stereocenters. The molecule has 1 N–H and O–H groups in total. The fraction of sp³-hybridized carbons (Fsp3) is 0.571. The van der Waals surface area contributed by atoms with E-state index in [1.54, 1.807) is 0 Å². The minimum atomic E-state index is -0.285. The number of likely N-dealkylation sites (tertiary alicyclic amines) is 1. The van der Waals surface area contributed by atoms with Crippen molar-refractivity contribution in [1.82, 2.24) is 19.8 Å². The summed E-state index contributed by atoms with van der Waals surface area (Å²) in [5, 5.41) is 3.17. The van der Waals surface area contributed by atoms with Crippen LogP contribution in [0.3, 0.4) is 0 Å². The number of imidazole rings is 1. The van der Waals surface area contributed by atoms with Crippen LogP contribution >= 0.6 is 0 Å². The number of fused-ring (bicyclic) bond motifs is 1. The lowest BCUT2D eigenvalue weighted by atomic mass is 10.0. The summed E-state index contributed by atoms with van der Waals surface area (Å²) in [4.78, 5) is 31.7. The van der Waals surface area contributed by atoms with Crippen LogP contribution in [0.25, 0.3) is 11.0 Å². The van der Waals surface area contributed by atoms with Gasteiger partial charge in [0, 0.05) is 26.6 Å². The number of aromatic nitrogens is 2. The van der Waals surface area contributed by atoms with E-state index in [0.717, 1.165) is 16.9 Å². The van der Waals surface area contributed by atoms with Crippen LogP contribution in [-0.2, 0) is 16.6 Å². The Hall–Kier alpha value is -2.37. The largest absolute Gasteiger partial charge is 0.346 e. The Kier molecular flexibility index (Phi) is 5.53. The van der Waals surface area contributed by atoms with Gasteiger partial charge >= 0.3 is 0 Å². The van der Waals surface area contributed by atoms with E-state index in [4.69, 9.17) is 4.98 Å². The van der Waals surface area contributed by atoms with Gasteiger partial charge in [0.1, 0.15) is 5.82 Å². The van der Waals surface area contributed by atoms with Crippen molar-refractivity contribution >= 4 is 22.8 Å². The van der Waals surface area contributed by atoms with Gasteiger partial charge in [-0.25, -0.2) is 4.98 Å². The Balaban J connectivity index is 1.77. The maximum absolute atomic E-state index is 12.9.